The molecular formula is C59H53N3SSi+2. The minimum Gasteiger partial charge on any atom is -0.187 e. The maximum atomic E-state index is 5.38. The SMILES string of the molecule is C=C1C2C(CCc3ccc4c(sc5ccccc54)c3-c3n(-c4c(-c5ccccc5)cccc4C(C)(C)C)c4cc5ccccc5cc4[n+]31)c1ccccc1-c1ccc([Si](C)(C)C)c[n+]12. The summed E-state index contributed by atoms with van der Waals surface area (Å²) >= 11 is 1.94. The van der Waals surface area contributed by atoms with E-state index >= 15 is 0 Å². The van der Waals surface area contributed by atoms with E-state index in [-0.39, 0.29) is 17.4 Å². The molecule has 5 heteroatoms. The first kappa shape index (κ1) is 39.2. The highest BCUT2D eigenvalue weighted by Gasteiger charge is 2.48. The Morgan fingerprint density at radius 3 is 2.22 bits per heavy atom. The molecule has 10 aromatic rings. The van der Waals surface area contributed by atoms with Crippen molar-refractivity contribution in [3.8, 4) is 39.5 Å². The summed E-state index contributed by atoms with van der Waals surface area (Å²) in [5.74, 6) is 1.38. The molecule has 0 spiro atoms. The number of fused-ring (bicyclic) bond motifs is 16. The molecular weight excluding hydrogens is 811 g/mol. The number of hydrogen-bond donors (Lipinski definition) is 0. The summed E-state index contributed by atoms with van der Waals surface area (Å²) in [4.78, 5) is 0. The summed E-state index contributed by atoms with van der Waals surface area (Å²) in [6, 6.07) is 59.7. The predicted octanol–water partition coefficient (Wildman–Crippen LogP) is 14.3. The predicted molar refractivity (Wildman–Crippen MR) is 274 cm³/mol. The van der Waals surface area contributed by atoms with Crippen molar-refractivity contribution in [1.29, 1.82) is 0 Å². The fourth-order valence-electron chi connectivity index (χ4n) is 11.2. The molecule has 0 saturated carbocycles. The van der Waals surface area contributed by atoms with Crippen molar-refractivity contribution in [2.45, 2.75) is 70.6 Å². The van der Waals surface area contributed by atoms with Gasteiger partial charge in [0.1, 0.15) is 5.69 Å². The number of pyridine rings is 1. The minimum absolute atomic E-state index is 0.0332. The number of hydrogen-bond acceptors (Lipinski definition) is 1. The number of allylic oxidation sites excluding steroid dienone is 1. The van der Waals surface area contributed by atoms with Crippen LogP contribution in [0.3, 0.4) is 0 Å². The second-order valence-electron chi connectivity index (χ2n) is 20.2. The molecule has 2 atom stereocenters. The van der Waals surface area contributed by atoms with Crippen LogP contribution in [0.2, 0.25) is 19.6 Å². The van der Waals surface area contributed by atoms with Crippen LogP contribution >= 0.6 is 11.3 Å². The van der Waals surface area contributed by atoms with Crippen LogP contribution < -0.4 is 14.3 Å². The van der Waals surface area contributed by atoms with Crippen molar-refractivity contribution in [2.24, 2.45) is 0 Å². The fourth-order valence-corrected chi connectivity index (χ4v) is 13.5. The highest BCUT2D eigenvalue weighted by atomic mass is 32.1. The molecule has 5 heterocycles. The van der Waals surface area contributed by atoms with Gasteiger partial charge >= 0.3 is 5.82 Å². The molecule has 2 aliphatic rings. The zero-order valence-electron chi connectivity index (χ0n) is 37.6. The summed E-state index contributed by atoms with van der Waals surface area (Å²) in [6.45, 7) is 19.9. The summed E-state index contributed by atoms with van der Waals surface area (Å²) in [5, 5.41) is 6.54. The van der Waals surface area contributed by atoms with Crippen LogP contribution in [-0.4, -0.2) is 12.6 Å². The van der Waals surface area contributed by atoms with E-state index in [2.05, 4.69) is 218 Å². The number of benzene rings is 7. The zero-order chi connectivity index (χ0) is 43.6. The van der Waals surface area contributed by atoms with Gasteiger partial charge in [-0.2, -0.15) is 13.7 Å². The Bertz CT molecular complexity index is 3560. The third-order valence-corrected chi connectivity index (χ3v) is 17.5. The van der Waals surface area contributed by atoms with Gasteiger partial charge in [-0.3, -0.25) is 0 Å². The van der Waals surface area contributed by atoms with Gasteiger partial charge in [0.25, 0.3) is 0 Å². The molecule has 7 aromatic carbocycles. The smallest absolute Gasteiger partial charge is 0.187 e. The Morgan fingerprint density at radius 2 is 1.42 bits per heavy atom. The van der Waals surface area contributed by atoms with Crippen LogP contribution in [0, 0.1) is 0 Å². The number of nitrogens with zero attached hydrogens (tertiary/aromatic N) is 3. The topological polar surface area (TPSA) is 12.7 Å². The van der Waals surface area contributed by atoms with Crippen LogP contribution in [0.5, 0.6) is 0 Å². The second kappa shape index (κ2) is 14.3. The number of aromatic nitrogens is 3. The van der Waals surface area contributed by atoms with Gasteiger partial charge < -0.3 is 0 Å². The Balaban J connectivity index is 1.31. The fraction of sp³-hybridized carbons (Fsp3) is 0.186. The van der Waals surface area contributed by atoms with Crippen LogP contribution in [-0.2, 0) is 11.8 Å². The van der Waals surface area contributed by atoms with Crippen molar-refractivity contribution in [2.75, 3.05) is 0 Å². The molecule has 12 rings (SSSR count). The number of rotatable bonds is 3. The number of imidazole rings is 1. The highest BCUT2D eigenvalue weighted by Crippen LogP contribution is 2.50. The van der Waals surface area contributed by atoms with E-state index in [4.69, 9.17) is 6.58 Å². The third-order valence-electron chi connectivity index (χ3n) is 14.3. The van der Waals surface area contributed by atoms with Crippen LogP contribution in [0.4, 0.5) is 0 Å². The first-order valence-electron chi connectivity index (χ1n) is 22.9. The summed E-state index contributed by atoms with van der Waals surface area (Å²) in [7, 11) is -1.70. The molecule has 0 fully saturated rings. The first-order chi connectivity index (χ1) is 31.0. The first-order valence-corrected chi connectivity index (χ1v) is 27.2. The zero-order valence-corrected chi connectivity index (χ0v) is 39.4. The van der Waals surface area contributed by atoms with E-state index in [1.807, 2.05) is 11.3 Å². The maximum Gasteiger partial charge on any atom is 0.302 e. The Hall–Kier alpha value is -6.40. The van der Waals surface area contributed by atoms with E-state index in [0.717, 1.165) is 18.5 Å². The number of aryl methyl sites for hydroxylation is 1. The van der Waals surface area contributed by atoms with E-state index < -0.39 is 8.07 Å². The lowest BCUT2D eigenvalue weighted by molar-refractivity contribution is -0.723. The molecule has 3 aromatic heterocycles. The van der Waals surface area contributed by atoms with Gasteiger partial charge in [0.15, 0.2) is 22.9 Å². The molecule has 2 unspecified atom stereocenters. The largest absolute Gasteiger partial charge is 0.302 e. The van der Waals surface area contributed by atoms with Crippen molar-refractivity contribution >= 4 is 72.3 Å². The van der Waals surface area contributed by atoms with Gasteiger partial charge in [0.05, 0.1) is 24.3 Å². The maximum absolute atomic E-state index is 5.38. The highest BCUT2D eigenvalue weighted by molar-refractivity contribution is 7.26. The Labute approximate surface area is 381 Å². The molecule has 0 saturated heterocycles. The van der Waals surface area contributed by atoms with Crippen molar-refractivity contribution in [1.82, 2.24) is 4.57 Å². The minimum atomic E-state index is -1.70. The Morgan fingerprint density at radius 1 is 0.703 bits per heavy atom. The molecule has 0 bridgehead atoms. The van der Waals surface area contributed by atoms with Gasteiger partial charge in [0, 0.05) is 43.4 Å². The third kappa shape index (κ3) is 5.90. The molecule has 312 valence electrons. The van der Waals surface area contributed by atoms with E-state index in [9.17, 15) is 0 Å². The van der Waals surface area contributed by atoms with Gasteiger partial charge in [-0.15, -0.1) is 11.3 Å². The van der Waals surface area contributed by atoms with Gasteiger partial charge in [-0.05, 0) is 76.6 Å². The average Bonchev–Trinajstić information content (AvgIpc) is 3.85. The molecule has 0 N–H and O–H groups in total. The number of thiophene rings is 1. The molecule has 0 radical (unpaired) electrons. The van der Waals surface area contributed by atoms with Crippen molar-refractivity contribution in [3.05, 3.63) is 187 Å². The normalized spacial score (nSPS) is 16.2. The van der Waals surface area contributed by atoms with Crippen molar-refractivity contribution in [3.63, 3.8) is 0 Å². The van der Waals surface area contributed by atoms with Crippen molar-refractivity contribution < 1.29 is 9.13 Å². The van der Waals surface area contributed by atoms with Crippen LogP contribution in [0.25, 0.3) is 87.1 Å². The van der Waals surface area contributed by atoms with Crippen LogP contribution in [0.15, 0.2) is 171 Å². The Kier molecular flexibility index (Phi) is 8.76. The van der Waals surface area contributed by atoms with E-state index in [1.165, 1.54) is 103 Å². The molecule has 0 amide bonds. The molecule has 2 aliphatic heterocycles. The standard InChI is InChI=1S/C59H53N3SSi/c1-37-55-47(44-22-13-14-23-45(44)50-33-30-42(36-60(50)55)64(5,6)7)31-28-39-29-32-48-46-24-15-16-27-53(46)63-57(48)54(39)58-61(37)51-34-40-20-11-12-21-41(40)35-52(51)62(58)56-43(38-18-9-8-10-19-38)25-17-26-49(56)59(2,3)4/h8-27,29-30,32-36,47,55H,1,28,31H2,2-7H3/q+2. The van der Waals surface area contributed by atoms with Gasteiger partial charge in [-0.25, -0.2) is 0 Å². The molecule has 3 nitrogen and oxygen atoms in total. The van der Waals surface area contributed by atoms with Gasteiger partial charge in [0.2, 0.25) is 11.7 Å². The summed E-state index contributed by atoms with van der Waals surface area (Å²) in [6.07, 6.45) is 4.45. The van der Waals surface area contributed by atoms with Crippen LogP contribution in [0.1, 0.15) is 55.8 Å². The van der Waals surface area contributed by atoms with E-state index in [1.54, 1.807) is 0 Å². The number of para-hydroxylation sites is 1. The summed E-state index contributed by atoms with van der Waals surface area (Å²) < 4.78 is 10.6. The lowest BCUT2D eigenvalue weighted by Gasteiger charge is -2.31. The monoisotopic (exact) mass is 863 g/mol. The lowest BCUT2D eigenvalue weighted by atomic mass is 9.78. The molecule has 64 heavy (non-hydrogen) atoms. The van der Waals surface area contributed by atoms with Gasteiger partial charge in [-0.1, -0.05) is 168 Å². The molecule has 0 aliphatic carbocycles. The quantitative estimate of drug-likeness (QED) is 0.124. The second-order valence-corrected chi connectivity index (χ2v) is 26.3. The van der Waals surface area contributed by atoms with E-state index in [0.29, 0.717) is 0 Å². The summed E-state index contributed by atoms with van der Waals surface area (Å²) in [5.41, 5.74) is 15.0. The average molecular weight is 864 g/mol. The lowest BCUT2D eigenvalue weighted by Crippen LogP contribution is -2.56.